The van der Waals surface area contributed by atoms with Gasteiger partial charge in [0.25, 0.3) is 0 Å². The highest BCUT2D eigenvalue weighted by atomic mass is 32.1. The van der Waals surface area contributed by atoms with Gasteiger partial charge < -0.3 is 5.32 Å². The number of nitrogens with one attached hydrogen (secondary N) is 1. The molecule has 0 aliphatic heterocycles. The third-order valence-electron chi connectivity index (χ3n) is 3.11. The second-order valence-corrected chi connectivity index (χ2v) is 5.67. The number of allylic oxidation sites excluding steroid dienone is 1. The molecule has 3 rings (SSSR count). The molecule has 0 fully saturated rings. The largest absolute Gasteiger partial charge is 0.360 e. The van der Waals surface area contributed by atoms with E-state index in [0.29, 0.717) is 0 Å². The van der Waals surface area contributed by atoms with E-state index in [9.17, 15) is 4.39 Å². The molecule has 0 bridgehead atoms. The number of nitriles is 2. The quantitative estimate of drug-likeness (QED) is 0.724. The van der Waals surface area contributed by atoms with E-state index in [1.54, 1.807) is 18.2 Å². The fraction of sp³-hybridized carbons (Fsp3) is 0. The van der Waals surface area contributed by atoms with E-state index in [2.05, 4.69) is 10.3 Å². The van der Waals surface area contributed by atoms with E-state index >= 15 is 0 Å². The summed E-state index contributed by atoms with van der Waals surface area (Å²) < 4.78 is 14.0. The zero-order chi connectivity index (χ0) is 16.2. The van der Waals surface area contributed by atoms with Crippen molar-refractivity contribution >= 4 is 27.2 Å². The zero-order valence-electron chi connectivity index (χ0n) is 11.7. The summed E-state index contributed by atoms with van der Waals surface area (Å²) in [7, 11) is 0. The summed E-state index contributed by atoms with van der Waals surface area (Å²) in [6.07, 6.45) is 1.36. The maximum atomic E-state index is 13.2. The standard InChI is InChI=1S/C17H9FN4S/c18-13-3-6-15-16(7-13)23-17(22-15)12-1-4-14(5-2-12)21-10-11(8-19)9-20/h1-7,10,21H. The van der Waals surface area contributed by atoms with Crippen LogP contribution in [-0.4, -0.2) is 4.98 Å². The highest BCUT2D eigenvalue weighted by molar-refractivity contribution is 7.21. The van der Waals surface area contributed by atoms with Crippen LogP contribution in [0.4, 0.5) is 10.1 Å². The van der Waals surface area contributed by atoms with Crippen LogP contribution < -0.4 is 5.32 Å². The van der Waals surface area contributed by atoms with Crippen LogP contribution in [0.3, 0.4) is 0 Å². The van der Waals surface area contributed by atoms with Crippen LogP contribution in [0.25, 0.3) is 20.8 Å². The van der Waals surface area contributed by atoms with Crippen LogP contribution in [0, 0.1) is 28.5 Å². The van der Waals surface area contributed by atoms with E-state index in [1.807, 2.05) is 24.3 Å². The number of hydrogen-bond donors (Lipinski definition) is 1. The molecule has 23 heavy (non-hydrogen) atoms. The van der Waals surface area contributed by atoms with Gasteiger partial charge in [-0.3, -0.25) is 0 Å². The molecule has 1 aromatic heterocycles. The monoisotopic (exact) mass is 320 g/mol. The Balaban J connectivity index is 1.85. The number of thiazole rings is 1. The zero-order valence-corrected chi connectivity index (χ0v) is 12.6. The minimum Gasteiger partial charge on any atom is -0.360 e. The van der Waals surface area contributed by atoms with Gasteiger partial charge in [-0.1, -0.05) is 0 Å². The Morgan fingerprint density at radius 2 is 1.87 bits per heavy atom. The summed E-state index contributed by atoms with van der Waals surface area (Å²) in [5.74, 6) is -0.273. The summed E-state index contributed by atoms with van der Waals surface area (Å²) in [5, 5.41) is 21.0. The SMILES string of the molecule is N#CC(C#N)=CNc1ccc(-c2nc3ccc(F)cc3s2)cc1. The summed E-state index contributed by atoms with van der Waals surface area (Å²) in [6, 6.07) is 15.5. The minimum atomic E-state index is -0.273. The fourth-order valence-electron chi connectivity index (χ4n) is 1.98. The van der Waals surface area contributed by atoms with Gasteiger partial charge in [0.2, 0.25) is 0 Å². The van der Waals surface area contributed by atoms with Gasteiger partial charge in [0, 0.05) is 17.5 Å². The van der Waals surface area contributed by atoms with Gasteiger partial charge in [0.1, 0.15) is 28.5 Å². The molecule has 0 amide bonds. The average Bonchev–Trinajstić information content (AvgIpc) is 2.99. The number of benzene rings is 2. The normalized spacial score (nSPS) is 9.87. The van der Waals surface area contributed by atoms with Crippen LogP contribution in [0.1, 0.15) is 0 Å². The fourth-order valence-corrected chi connectivity index (χ4v) is 2.97. The summed E-state index contributed by atoms with van der Waals surface area (Å²) in [6.45, 7) is 0. The van der Waals surface area contributed by atoms with Crippen molar-refractivity contribution in [2.24, 2.45) is 0 Å². The van der Waals surface area contributed by atoms with Crippen LogP contribution in [-0.2, 0) is 0 Å². The molecule has 0 radical (unpaired) electrons. The van der Waals surface area contributed by atoms with Gasteiger partial charge in [-0.05, 0) is 42.5 Å². The van der Waals surface area contributed by atoms with Crippen molar-refractivity contribution in [2.75, 3.05) is 5.32 Å². The molecule has 0 spiro atoms. The van der Waals surface area contributed by atoms with Crippen molar-refractivity contribution in [2.45, 2.75) is 0 Å². The molecule has 0 atom stereocenters. The molecule has 4 nitrogen and oxygen atoms in total. The van der Waals surface area contributed by atoms with Crippen LogP contribution in [0.15, 0.2) is 54.2 Å². The molecular formula is C17H9FN4S. The summed E-state index contributed by atoms with van der Waals surface area (Å²) in [4.78, 5) is 4.49. The van der Waals surface area contributed by atoms with E-state index in [4.69, 9.17) is 10.5 Å². The molecule has 0 aliphatic carbocycles. The van der Waals surface area contributed by atoms with E-state index in [1.165, 1.54) is 29.7 Å². The Labute approximate surface area is 135 Å². The second kappa shape index (κ2) is 6.27. The lowest BCUT2D eigenvalue weighted by atomic mass is 10.2. The topological polar surface area (TPSA) is 72.5 Å². The first-order chi connectivity index (χ1) is 11.2. The highest BCUT2D eigenvalue weighted by Gasteiger charge is 2.07. The summed E-state index contributed by atoms with van der Waals surface area (Å²) in [5.41, 5.74) is 2.44. The molecule has 0 unspecified atom stereocenters. The van der Waals surface area contributed by atoms with Crippen LogP contribution in [0.2, 0.25) is 0 Å². The minimum absolute atomic E-state index is 0.00211. The first kappa shape index (κ1) is 14.7. The van der Waals surface area contributed by atoms with Crippen LogP contribution >= 0.6 is 11.3 Å². The molecule has 6 heteroatoms. The molecule has 1 N–H and O–H groups in total. The van der Waals surface area contributed by atoms with E-state index in [-0.39, 0.29) is 11.4 Å². The van der Waals surface area contributed by atoms with Gasteiger partial charge >= 0.3 is 0 Å². The number of nitrogens with zero attached hydrogens (tertiary/aromatic N) is 3. The number of anilines is 1. The average molecular weight is 320 g/mol. The molecule has 0 aliphatic rings. The molecule has 3 aromatic rings. The lowest BCUT2D eigenvalue weighted by molar-refractivity contribution is 0.630. The maximum absolute atomic E-state index is 13.2. The van der Waals surface area contributed by atoms with Crippen molar-refractivity contribution in [1.29, 1.82) is 10.5 Å². The third kappa shape index (κ3) is 3.18. The van der Waals surface area contributed by atoms with Gasteiger partial charge in [-0.15, -0.1) is 11.3 Å². The van der Waals surface area contributed by atoms with Crippen LogP contribution in [0.5, 0.6) is 0 Å². The lowest BCUT2D eigenvalue weighted by Crippen LogP contribution is -1.89. The van der Waals surface area contributed by atoms with E-state index < -0.39 is 0 Å². The third-order valence-corrected chi connectivity index (χ3v) is 4.17. The first-order valence-electron chi connectivity index (χ1n) is 6.63. The van der Waals surface area contributed by atoms with Gasteiger partial charge in [-0.2, -0.15) is 10.5 Å². The van der Waals surface area contributed by atoms with Gasteiger partial charge in [0.15, 0.2) is 0 Å². The first-order valence-corrected chi connectivity index (χ1v) is 7.44. The number of fused-ring (bicyclic) bond motifs is 1. The molecule has 110 valence electrons. The molecule has 2 aromatic carbocycles. The van der Waals surface area contributed by atoms with E-state index in [0.717, 1.165) is 26.5 Å². The van der Waals surface area contributed by atoms with Gasteiger partial charge in [0.05, 0.1) is 10.2 Å². The Morgan fingerprint density at radius 3 is 2.57 bits per heavy atom. The van der Waals surface area contributed by atoms with Crippen molar-refractivity contribution in [1.82, 2.24) is 4.98 Å². The number of aromatic nitrogens is 1. The van der Waals surface area contributed by atoms with Crippen molar-refractivity contribution in [3.05, 3.63) is 60.1 Å². The molecule has 0 saturated carbocycles. The highest BCUT2D eigenvalue weighted by Crippen LogP contribution is 2.31. The Kier molecular flexibility index (Phi) is 4.01. The predicted octanol–water partition coefficient (Wildman–Crippen LogP) is 4.45. The number of halogens is 1. The molecular weight excluding hydrogens is 311 g/mol. The Morgan fingerprint density at radius 1 is 1.13 bits per heavy atom. The predicted molar refractivity (Wildman–Crippen MR) is 87.9 cm³/mol. The van der Waals surface area contributed by atoms with Crippen molar-refractivity contribution in [3.8, 4) is 22.7 Å². The second-order valence-electron chi connectivity index (χ2n) is 4.63. The van der Waals surface area contributed by atoms with Crippen molar-refractivity contribution in [3.63, 3.8) is 0 Å². The Hall–Kier alpha value is -3.22. The molecule has 0 saturated heterocycles. The number of hydrogen-bond acceptors (Lipinski definition) is 5. The van der Waals surface area contributed by atoms with Gasteiger partial charge in [-0.25, -0.2) is 9.37 Å². The lowest BCUT2D eigenvalue weighted by Gasteiger charge is -2.01. The summed E-state index contributed by atoms with van der Waals surface area (Å²) >= 11 is 1.43. The molecule has 1 heterocycles. The van der Waals surface area contributed by atoms with Crippen molar-refractivity contribution < 1.29 is 4.39 Å². The number of rotatable bonds is 3. The smallest absolute Gasteiger partial charge is 0.145 e. The Bertz CT molecular complexity index is 958. The maximum Gasteiger partial charge on any atom is 0.145 e.